The summed E-state index contributed by atoms with van der Waals surface area (Å²) >= 11 is 1.79. The van der Waals surface area contributed by atoms with Crippen molar-refractivity contribution in [1.82, 2.24) is 0 Å². The molecule has 0 fully saturated rings. The van der Waals surface area contributed by atoms with Gasteiger partial charge in [0.05, 0.1) is 0 Å². The van der Waals surface area contributed by atoms with Gasteiger partial charge in [-0.15, -0.1) is 11.8 Å². The molecule has 0 aromatic heterocycles. The van der Waals surface area contributed by atoms with Crippen LogP contribution < -0.4 is 5.32 Å². The highest BCUT2D eigenvalue weighted by Crippen LogP contribution is 2.16. The summed E-state index contributed by atoms with van der Waals surface area (Å²) in [6.07, 6.45) is 0. The lowest BCUT2D eigenvalue weighted by molar-refractivity contribution is 0.628. The van der Waals surface area contributed by atoms with Crippen molar-refractivity contribution < 1.29 is 4.39 Å². The van der Waals surface area contributed by atoms with Gasteiger partial charge in [-0.3, -0.25) is 0 Å². The van der Waals surface area contributed by atoms with E-state index in [4.69, 9.17) is 0 Å². The fourth-order valence-electron chi connectivity index (χ4n) is 1.48. The summed E-state index contributed by atoms with van der Waals surface area (Å²) in [4.78, 5) is 1.26. The van der Waals surface area contributed by atoms with Crippen LogP contribution in [0.5, 0.6) is 0 Å². The van der Waals surface area contributed by atoms with Gasteiger partial charge in [0.1, 0.15) is 5.82 Å². The van der Waals surface area contributed by atoms with Crippen LogP contribution in [0.1, 0.15) is 0 Å². The largest absolute Gasteiger partial charge is 0.384 e. The molecule has 0 unspecified atom stereocenters. The van der Waals surface area contributed by atoms with Crippen LogP contribution >= 0.6 is 11.8 Å². The zero-order valence-electron chi connectivity index (χ0n) is 9.40. The molecule has 0 heterocycles. The van der Waals surface area contributed by atoms with Crippen LogP contribution in [0.3, 0.4) is 0 Å². The normalized spacial score (nSPS) is 10.2. The second kappa shape index (κ2) is 6.30. The second-order valence-electron chi connectivity index (χ2n) is 3.60. The third kappa shape index (κ3) is 4.11. The van der Waals surface area contributed by atoms with Crippen LogP contribution in [-0.4, -0.2) is 12.3 Å². The van der Waals surface area contributed by atoms with Crippen LogP contribution in [0.2, 0.25) is 0 Å². The highest BCUT2D eigenvalue weighted by molar-refractivity contribution is 7.99. The van der Waals surface area contributed by atoms with E-state index in [2.05, 4.69) is 17.4 Å². The van der Waals surface area contributed by atoms with Gasteiger partial charge in [0, 0.05) is 22.9 Å². The lowest BCUT2D eigenvalue weighted by atomic mass is 10.3. The van der Waals surface area contributed by atoms with E-state index in [-0.39, 0.29) is 5.82 Å². The van der Waals surface area contributed by atoms with Crippen molar-refractivity contribution in [3.05, 3.63) is 60.4 Å². The van der Waals surface area contributed by atoms with Crippen LogP contribution in [-0.2, 0) is 0 Å². The molecule has 2 aromatic carbocycles. The molecule has 88 valence electrons. The molecule has 1 nitrogen and oxygen atoms in total. The number of halogens is 1. The van der Waals surface area contributed by atoms with Crippen LogP contribution in [0.4, 0.5) is 10.1 Å². The summed E-state index contributed by atoms with van der Waals surface area (Å²) in [6, 6.07) is 16.8. The third-order valence-electron chi connectivity index (χ3n) is 2.27. The third-order valence-corrected chi connectivity index (χ3v) is 3.28. The molecule has 1 N–H and O–H groups in total. The average molecular weight is 247 g/mol. The van der Waals surface area contributed by atoms with Crippen molar-refractivity contribution in [3.63, 3.8) is 0 Å². The Kier molecular flexibility index (Phi) is 4.45. The molecular formula is C14H14FNS. The van der Waals surface area contributed by atoms with Gasteiger partial charge < -0.3 is 5.32 Å². The van der Waals surface area contributed by atoms with E-state index in [1.54, 1.807) is 17.8 Å². The maximum Gasteiger partial charge on any atom is 0.125 e. The predicted octanol–water partition coefficient (Wildman–Crippen LogP) is 4.03. The van der Waals surface area contributed by atoms with Crippen molar-refractivity contribution in [2.75, 3.05) is 17.6 Å². The molecule has 0 amide bonds. The molecule has 0 spiro atoms. The Bertz CT molecular complexity index is 459. The van der Waals surface area contributed by atoms with Crippen molar-refractivity contribution in [3.8, 4) is 0 Å². The SMILES string of the molecule is Fc1cccc(NCCSc2ccccc2)c1. The maximum atomic E-state index is 12.9. The molecule has 0 saturated heterocycles. The first-order chi connectivity index (χ1) is 8.34. The molecule has 2 rings (SSSR count). The lowest BCUT2D eigenvalue weighted by Gasteiger charge is -2.06. The van der Waals surface area contributed by atoms with Crippen LogP contribution in [0.25, 0.3) is 0 Å². The average Bonchev–Trinajstić information content (AvgIpc) is 2.36. The summed E-state index contributed by atoms with van der Waals surface area (Å²) in [5.74, 6) is 0.756. The Morgan fingerprint density at radius 1 is 1.00 bits per heavy atom. The fourth-order valence-corrected chi connectivity index (χ4v) is 2.27. The van der Waals surface area contributed by atoms with E-state index < -0.39 is 0 Å². The summed E-state index contributed by atoms with van der Waals surface area (Å²) in [5, 5.41) is 3.19. The van der Waals surface area contributed by atoms with Crippen LogP contribution in [0.15, 0.2) is 59.5 Å². The van der Waals surface area contributed by atoms with Gasteiger partial charge in [-0.05, 0) is 30.3 Å². The van der Waals surface area contributed by atoms with Crippen LogP contribution in [0, 0.1) is 5.82 Å². The molecular weight excluding hydrogens is 233 g/mol. The monoisotopic (exact) mass is 247 g/mol. The Morgan fingerprint density at radius 3 is 2.59 bits per heavy atom. The minimum Gasteiger partial charge on any atom is -0.384 e. The quantitative estimate of drug-likeness (QED) is 0.632. The Balaban J connectivity index is 1.73. The summed E-state index contributed by atoms with van der Waals surface area (Å²) in [5.41, 5.74) is 0.832. The van der Waals surface area contributed by atoms with E-state index in [9.17, 15) is 4.39 Å². The lowest BCUT2D eigenvalue weighted by Crippen LogP contribution is -2.03. The summed E-state index contributed by atoms with van der Waals surface area (Å²) < 4.78 is 12.9. The van der Waals surface area contributed by atoms with E-state index in [0.29, 0.717) is 0 Å². The zero-order chi connectivity index (χ0) is 11.9. The highest BCUT2D eigenvalue weighted by Gasteiger charge is 1.95. The standard InChI is InChI=1S/C14H14FNS/c15-12-5-4-6-13(11-12)16-9-10-17-14-7-2-1-3-8-14/h1-8,11,16H,9-10H2. The number of thioether (sulfide) groups is 1. The number of hydrogen-bond donors (Lipinski definition) is 1. The minimum absolute atomic E-state index is 0.203. The number of benzene rings is 2. The maximum absolute atomic E-state index is 12.9. The first-order valence-electron chi connectivity index (χ1n) is 5.52. The Labute approximate surface area is 105 Å². The molecule has 3 heteroatoms. The molecule has 0 aliphatic carbocycles. The van der Waals surface area contributed by atoms with E-state index in [1.165, 1.54) is 17.0 Å². The smallest absolute Gasteiger partial charge is 0.125 e. The summed E-state index contributed by atoms with van der Waals surface area (Å²) in [7, 11) is 0. The number of rotatable bonds is 5. The molecule has 0 saturated carbocycles. The van der Waals surface area contributed by atoms with Gasteiger partial charge in [-0.1, -0.05) is 24.3 Å². The van der Waals surface area contributed by atoms with Crippen molar-refractivity contribution in [2.24, 2.45) is 0 Å². The first-order valence-corrected chi connectivity index (χ1v) is 6.50. The molecule has 0 radical (unpaired) electrons. The van der Waals surface area contributed by atoms with Gasteiger partial charge >= 0.3 is 0 Å². The van der Waals surface area contributed by atoms with Gasteiger partial charge in [-0.2, -0.15) is 0 Å². The zero-order valence-corrected chi connectivity index (χ0v) is 10.2. The number of anilines is 1. The fraction of sp³-hybridized carbons (Fsp3) is 0.143. The topological polar surface area (TPSA) is 12.0 Å². The highest BCUT2D eigenvalue weighted by atomic mass is 32.2. The first kappa shape index (κ1) is 12.0. The Hall–Kier alpha value is -1.48. The molecule has 17 heavy (non-hydrogen) atoms. The van der Waals surface area contributed by atoms with Gasteiger partial charge in [-0.25, -0.2) is 4.39 Å². The molecule has 0 aliphatic heterocycles. The van der Waals surface area contributed by atoms with E-state index >= 15 is 0 Å². The van der Waals surface area contributed by atoms with E-state index in [1.807, 2.05) is 24.3 Å². The van der Waals surface area contributed by atoms with Gasteiger partial charge in [0.2, 0.25) is 0 Å². The summed E-state index contributed by atoms with van der Waals surface area (Å²) in [6.45, 7) is 0.822. The molecule has 0 bridgehead atoms. The van der Waals surface area contributed by atoms with Gasteiger partial charge in [0.25, 0.3) is 0 Å². The number of nitrogens with one attached hydrogen (secondary N) is 1. The molecule has 0 aliphatic rings. The minimum atomic E-state index is -0.203. The number of hydrogen-bond acceptors (Lipinski definition) is 2. The van der Waals surface area contributed by atoms with Crippen molar-refractivity contribution >= 4 is 17.4 Å². The second-order valence-corrected chi connectivity index (χ2v) is 4.77. The predicted molar refractivity (Wildman–Crippen MR) is 72.1 cm³/mol. The van der Waals surface area contributed by atoms with Crippen molar-refractivity contribution in [2.45, 2.75) is 4.90 Å². The molecule has 0 atom stereocenters. The van der Waals surface area contributed by atoms with E-state index in [0.717, 1.165) is 18.0 Å². The van der Waals surface area contributed by atoms with Gasteiger partial charge in [0.15, 0.2) is 0 Å². The van der Waals surface area contributed by atoms with Crippen molar-refractivity contribution in [1.29, 1.82) is 0 Å². The molecule has 2 aromatic rings. The Morgan fingerprint density at radius 2 is 1.82 bits per heavy atom.